The van der Waals surface area contributed by atoms with Crippen molar-refractivity contribution in [3.8, 4) is 11.4 Å². The largest absolute Gasteiger partial charge is 0.573 e. The molecule has 0 saturated carbocycles. The fourth-order valence-corrected chi connectivity index (χ4v) is 3.11. The van der Waals surface area contributed by atoms with Crippen molar-refractivity contribution >= 4 is 22.7 Å². The summed E-state index contributed by atoms with van der Waals surface area (Å²) in [5.41, 5.74) is 6.41. The van der Waals surface area contributed by atoms with Gasteiger partial charge in [-0.25, -0.2) is 4.98 Å². The summed E-state index contributed by atoms with van der Waals surface area (Å²) in [7, 11) is 0. The summed E-state index contributed by atoms with van der Waals surface area (Å²) in [5, 5.41) is 8.10. The lowest BCUT2D eigenvalue weighted by Gasteiger charge is -2.29. The number of imidazole rings is 1. The molecule has 0 bridgehead atoms. The Morgan fingerprint density at radius 3 is 2.71 bits per heavy atom. The third-order valence-corrected chi connectivity index (χ3v) is 4.31. The summed E-state index contributed by atoms with van der Waals surface area (Å²) in [4.78, 5) is 12.6. The topological polar surface area (TPSA) is 118 Å². The number of nitrogens with zero attached hydrogens (tertiary/aromatic N) is 4. The maximum absolute atomic E-state index is 13.1. The van der Waals surface area contributed by atoms with Crippen LogP contribution in [-0.2, 0) is 4.74 Å². The molecule has 4 N–H and O–H groups in total. The second-order valence-electron chi connectivity index (χ2n) is 6.06. The summed E-state index contributed by atoms with van der Waals surface area (Å²) in [6.45, 7) is 2.07. The van der Waals surface area contributed by atoms with Crippen LogP contribution in [0.1, 0.15) is 0 Å². The van der Waals surface area contributed by atoms with E-state index in [-0.39, 0.29) is 22.8 Å². The van der Waals surface area contributed by atoms with Crippen molar-refractivity contribution in [2.24, 2.45) is 0 Å². The van der Waals surface area contributed by atoms with Crippen molar-refractivity contribution in [3.63, 3.8) is 0 Å². The average Bonchev–Trinajstić information content (AvgIpc) is 3.12. The van der Waals surface area contributed by atoms with Crippen molar-refractivity contribution in [1.82, 2.24) is 19.5 Å². The molecule has 3 aromatic rings. The lowest BCUT2D eigenvalue weighted by atomic mass is 10.2. The molecule has 28 heavy (non-hydrogen) atoms. The molecule has 0 spiro atoms. The lowest BCUT2D eigenvalue weighted by molar-refractivity contribution is -0.274. The van der Waals surface area contributed by atoms with Gasteiger partial charge in [-0.3, -0.25) is 9.98 Å². The van der Waals surface area contributed by atoms with Gasteiger partial charge in [-0.05, 0) is 12.1 Å². The molecule has 2 aromatic heterocycles. The maximum Gasteiger partial charge on any atom is 0.573 e. The smallest absolute Gasteiger partial charge is 0.403 e. The molecule has 12 heteroatoms. The fraction of sp³-hybridized carbons (Fsp3) is 0.312. The van der Waals surface area contributed by atoms with Crippen LogP contribution >= 0.6 is 0 Å². The number of benzene rings is 1. The first-order valence-corrected chi connectivity index (χ1v) is 8.32. The standard InChI is InChI=1S/C16H16F3N7O2/c17-16(18,19)28-11-7-9(25-3-5-27-6-4-25)1-2-10(11)26-14-12(22-8-23-14)13(20)24-15(26)21/h1-2,7-8H,3-6H2,(H,22,23)(H3,20,21,24). The Morgan fingerprint density at radius 2 is 2.00 bits per heavy atom. The molecule has 1 aromatic carbocycles. The molecule has 0 aliphatic carbocycles. The summed E-state index contributed by atoms with van der Waals surface area (Å²) in [5.74, 6) is -0.442. The van der Waals surface area contributed by atoms with E-state index >= 15 is 0 Å². The quantitative estimate of drug-likeness (QED) is 0.619. The van der Waals surface area contributed by atoms with Crippen molar-refractivity contribution in [2.45, 2.75) is 6.36 Å². The highest BCUT2D eigenvalue weighted by Gasteiger charge is 2.33. The summed E-state index contributed by atoms with van der Waals surface area (Å²) in [6, 6.07) is 4.39. The molecule has 4 rings (SSSR count). The number of nitrogen functional groups attached to an aromatic ring is 1. The van der Waals surface area contributed by atoms with E-state index in [0.29, 0.717) is 37.5 Å². The van der Waals surface area contributed by atoms with E-state index in [1.165, 1.54) is 18.5 Å². The molecule has 0 atom stereocenters. The number of ether oxygens (including phenoxy) is 2. The average molecular weight is 395 g/mol. The van der Waals surface area contributed by atoms with E-state index in [1.54, 1.807) is 6.07 Å². The van der Waals surface area contributed by atoms with Gasteiger partial charge in [0.15, 0.2) is 17.2 Å². The van der Waals surface area contributed by atoms with Gasteiger partial charge in [0.05, 0.1) is 25.2 Å². The molecule has 9 nitrogen and oxygen atoms in total. The molecule has 3 heterocycles. The Morgan fingerprint density at radius 1 is 1.25 bits per heavy atom. The Balaban J connectivity index is 1.89. The third-order valence-electron chi connectivity index (χ3n) is 4.31. The van der Waals surface area contributed by atoms with Gasteiger partial charge in [0.1, 0.15) is 5.52 Å². The molecule has 0 radical (unpaired) electrons. The van der Waals surface area contributed by atoms with Gasteiger partial charge < -0.3 is 25.1 Å². The second kappa shape index (κ2) is 6.71. The van der Waals surface area contributed by atoms with Crippen LogP contribution in [0.2, 0.25) is 0 Å². The molecule has 1 saturated heterocycles. The van der Waals surface area contributed by atoms with Crippen LogP contribution in [0.5, 0.6) is 5.75 Å². The number of aromatic nitrogens is 4. The number of nitrogens with two attached hydrogens (primary N) is 1. The highest BCUT2D eigenvalue weighted by atomic mass is 19.4. The number of alkyl halides is 3. The Kier molecular flexibility index (Phi) is 4.34. The number of H-pyrrole nitrogens is 1. The first-order chi connectivity index (χ1) is 13.3. The van der Waals surface area contributed by atoms with E-state index in [4.69, 9.17) is 15.9 Å². The first kappa shape index (κ1) is 18.1. The Hall–Kier alpha value is -3.28. The molecule has 0 unspecified atom stereocenters. The number of hydrogen-bond donors (Lipinski definition) is 3. The van der Waals surface area contributed by atoms with E-state index in [1.807, 2.05) is 4.90 Å². The van der Waals surface area contributed by atoms with Crippen LogP contribution in [0.25, 0.3) is 16.9 Å². The molecule has 0 amide bonds. The summed E-state index contributed by atoms with van der Waals surface area (Å²) in [6.07, 6.45) is -3.59. The second-order valence-corrected chi connectivity index (χ2v) is 6.06. The van der Waals surface area contributed by atoms with E-state index in [0.717, 1.165) is 4.57 Å². The van der Waals surface area contributed by atoms with E-state index in [9.17, 15) is 13.2 Å². The van der Waals surface area contributed by atoms with Crippen LogP contribution in [0.4, 0.5) is 24.7 Å². The predicted molar refractivity (Wildman–Crippen MR) is 93.2 cm³/mol. The number of morpholine rings is 1. The van der Waals surface area contributed by atoms with Gasteiger partial charge in [-0.2, -0.15) is 4.98 Å². The third kappa shape index (κ3) is 3.33. The van der Waals surface area contributed by atoms with Crippen LogP contribution in [0.3, 0.4) is 0 Å². The van der Waals surface area contributed by atoms with Crippen LogP contribution in [0, 0.1) is 5.41 Å². The van der Waals surface area contributed by atoms with Gasteiger partial charge in [0.25, 0.3) is 0 Å². The van der Waals surface area contributed by atoms with Crippen molar-refractivity contribution in [3.05, 3.63) is 30.1 Å². The van der Waals surface area contributed by atoms with Crippen molar-refractivity contribution in [1.29, 1.82) is 5.41 Å². The number of halogens is 3. The van der Waals surface area contributed by atoms with E-state index in [2.05, 4.69) is 19.7 Å². The van der Waals surface area contributed by atoms with Crippen LogP contribution in [-0.4, -0.2) is 52.2 Å². The molecule has 1 aliphatic heterocycles. The number of rotatable bonds is 3. The van der Waals surface area contributed by atoms with Crippen LogP contribution < -0.4 is 21.0 Å². The number of nitrogens with one attached hydrogen (secondary N) is 2. The van der Waals surface area contributed by atoms with Gasteiger partial charge in [-0.15, -0.1) is 13.2 Å². The SMILES string of the molecule is N=c1nc(N)c2[nH]cnc2n1-c1ccc(N2CCOCC2)cc1OC(F)(F)F. The normalized spacial score (nSPS) is 15.2. The summed E-state index contributed by atoms with van der Waals surface area (Å²) < 4.78 is 49.9. The van der Waals surface area contributed by atoms with Gasteiger partial charge in [-0.1, -0.05) is 0 Å². The molecular weight excluding hydrogens is 379 g/mol. The van der Waals surface area contributed by atoms with Crippen LogP contribution in [0.15, 0.2) is 24.5 Å². The number of fused-ring (bicyclic) bond motifs is 1. The number of hydrogen-bond acceptors (Lipinski definition) is 7. The minimum Gasteiger partial charge on any atom is -0.403 e. The monoisotopic (exact) mass is 395 g/mol. The van der Waals surface area contributed by atoms with Crippen molar-refractivity contribution < 1.29 is 22.6 Å². The zero-order chi connectivity index (χ0) is 19.9. The molecular formula is C16H16F3N7O2. The fourth-order valence-electron chi connectivity index (χ4n) is 3.11. The van der Waals surface area contributed by atoms with Crippen molar-refractivity contribution in [2.75, 3.05) is 36.9 Å². The number of anilines is 2. The zero-order valence-corrected chi connectivity index (χ0v) is 14.5. The molecule has 1 aliphatic rings. The zero-order valence-electron chi connectivity index (χ0n) is 14.5. The molecule has 1 fully saturated rings. The van der Waals surface area contributed by atoms with Gasteiger partial charge in [0.2, 0.25) is 5.62 Å². The minimum atomic E-state index is -4.91. The number of aromatic amines is 1. The Labute approximate surface area is 156 Å². The maximum atomic E-state index is 13.1. The highest BCUT2D eigenvalue weighted by Crippen LogP contribution is 2.34. The van der Waals surface area contributed by atoms with Gasteiger partial charge in [0, 0.05) is 24.8 Å². The predicted octanol–water partition coefficient (Wildman–Crippen LogP) is 1.55. The van der Waals surface area contributed by atoms with Gasteiger partial charge >= 0.3 is 6.36 Å². The minimum absolute atomic E-state index is 0.0241. The summed E-state index contributed by atoms with van der Waals surface area (Å²) >= 11 is 0. The first-order valence-electron chi connectivity index (χ1n) is 8.32. The Bertz CT molecular complexity index is 1070. The highest BCUT2D eigenvalue weighted by molar-refractivity contribution is 5.82. The van der Waals surface area contributed by atoms with E-state index < -0.39 is 12.1 Å². The lowest BCUT2D eigenvalue weighted by Crippen LogP contribution is -2.36. The molecule has 148 valence electrons.